The van der Waals surface area contributed by atoms with Gasteiger partial charge in [0.2, 0.25) is 0 Å². The second-order valence-electron chi connectivity index (χ2n) is 3.32. The van der Waals surface area contributed by atoms with Crippen LogP contribution in [0.4, 0.5) is 0 Å². The van der Waals surface area contributed by atoms with E-state index in [1.165, 1.54) is 19.3 Å². The second-order valence-corrected chi connectivity index (χ2v) is 3.32. The lowest BCUT2D eigenvalue weighted by molar-refractivity contribution is 0.455. The molecule has 0 aliphatic heterocycles. The third kappa shape index (κ3) is 2.21. The average Bonchev–Trinajstić information content (AvgIpc) is 1.93. The topological polar surface area (TPSA) is 0 Å². The molecule has 9 heavy (non-hydrogen) atoms. The second kappa shape index (κ2) is 3.05. The first-order chi connectivity index (χ1) is 4.29. The van der Waals surface area contributed by atoms with E-state index in [9.17, 15) is 0 Å². The Balaban J connectivity index is 2.40. The van der Waals surface area contributed by atoms with Gasteiger partial charge < -0.3 is 0 Å². The average molecular weight is 124 g/mol. The normalized spacial score (nSPS) is 36.2. The molecular formula is C9H16. The van der Waals surface area contributed by atoms with E-state index in [0.717, 1.165) is 11.8 Å². The van der Waals surface area contributed by atoms with E-state index in [1.807, 2.05) is 0 Å². The Hall–Kier alpha value is -0.260. The Kier molecular flexibility index (Phi) is 2.32. The first-order valence-corrected chi connectivity index (χ1v) is 3.95. The van der Waals surface area contributed by atoms with E-state index in [0.29, 0.717) is 0 Å². The SMILES string of the molecule is CC1C=CCCC(C)C1. The van der Waals surface area contributed by atoms with Gasteiger partial charge in [0, 0.05) is 0 Å². The van der Waals surface area contributed by atoms with Crippen LogP contribution in [0.5, 0.6) is 0 Å². The molecule has 0 N–H and O–H groups in total. The summed E-state index contributed by atoms with van der Waals surface area (Å²) in [5.41, 5.74) is 0. The van der Waals surface area contributed by atoms with Crippen molar-refractivity contribution in [2.45, 2.75) is 33.1 Å². The quantitative estimate of drug-likeness (QED) is 0.435. The van der Waals surface area contributed by atoms with Crippen LogP contribution in [0.2, 0.25) is 0 Å². The Morgan fingerprint density at radius 1 is 1.33 bits per heavy atom. The van der Waals surface area contributed by atoms with E-state index in [2.05, 4.69) is 26.0 Å². The van der Waals surface area contributed by atoms with Crippen molar-refractivity contribution in [3.05, 3.63) is 12.2 Å². The maximum absolute atomic E-state index is 2.35. The highest BCUT2D eigenvalue weighted by Crippen LogP contribution is 2.21. The number of hydrogen-bond donors (Lipinski definition) is 0. The van der Waals surface area contributed by atoms with E-state index in [4.69, 9.17) is 0 Å². The van der Waals surface area contributed by atoms with E-state index in [-0.39, 0.29) is 0 Å². The van der Waals surface area contributed by atoms with Gasteiger partial charge in [0.05, 0.1) is 0 Å². The molecule has 0 bridgehead atoms. The predicted octanol–water partition coefficient (Wildman–Crippen LogP) is 3.00. The van der Waals surface area contributed by atoms with Crippen molar-refractivity contribution in [3.63, 3.8) is 0 Å². The fourth-order valence-corrected chi connectivity index (χ4v) is 1.54. The van der Waals surface area contributed by atoms with Crippen molar-refractivity contribution in [1.29, 1.82) is 0 Å². The molecular weight excluding hydrogens is 108 g/mol. The third-order valence-corrected chi connectivity index (χ3v) is 2.06. The molecule has 0 aromatic rings. The highest BCUT2D eigenvalue weighted by atomic mass is 14.1. The van der Waals surface area contributed by atoms with Crippen molar-refractivity contribution >= 4 is 0 Å². The maximum atomic E-state index is 2.35. The molecule has 0 spiro atoms. The van der Waals surface area contributed by atoms with Gasteiger partial charge in [-0.3, -0.25) is 0 Å². The summed E-state index contributed by atoms with van der Waals surface area (Å²) < 4.78 is 0. The summed E-state index contributed by atoms with van der Waals surface area (Å²) in [6, 6.07) is 0. The van der Waals surface area contributed by atoms with Crippen LogP contribution in [0.15, 0.2) is 12.2 Å². The summed E-state index contributed by atoms with van der Waals surface area (Å²) in [4.78, 5) is 0. The van der Waals surface area contributed by atoms with Crippen LogP contribution in [0, 0.1) is 11.8 Å². The van der Waals surface area contributed by atoms with Crippen LogP contribution in [0.25, 0.3) is 0 Å². The molecule has 2 unspecified atom stereocenters. The van der Waals surface area contributed by atoms with Crippen LogP contribution in [-0.2, 0) is 0 Å². The lowest BCUT2D eigenvalue weighted by Crippen LogP contribution is -1.97. The molecule has 0 saturated heterocycles. The molecule has 0 aromatic heterocycles. The first-order valence-electron chi connectivity index (χ1n) is 3.95. The van der Waals surface area contributed by atoms with Gasteiger partial charge in [0.25, 0.3) is 0 Å². The van der Waals surface area contributed by atoms with E-state index >= 15 is 0 Å². The molecule has 0 aromatic carbocycles. The maximum Gasteiger partial charge on any atom is -0.0259 e. The lowest BCUT2D eigenvalue weighted by Gasteiger charge is -2.09. The molecule has 0 radical (unpaired) electrons. The predicted molar refractivity (Wildman–Crippen MR) is 41.3 cm³/mol. The Morgan fingerprint density at radius 2 is 2.11 bits per heavy atom. The summed E-state index contributed by atoms with van der Waals surface area (Å²) in [6.07, 6.45) is 8.75. The van der Waals surface area contributed by atoms with Crippen LogP contribution in [0.3, 0.4) is 0 Å². The van der Waals surface area contributed by atoms with E-state index < -0.39 is 0 Å². The van der Waals surface area contributed by atoms with Gasteiger partial charge in [0.1, 0.15) is 0 Å². The van der Waals surface area contributed by atoms with Gasteiger partial charge >= 0.3 is 0 Å². The van der Waals surface area contributed by atoms with Gasteiger partial charge in [-0.2, -0.15) is 0 Å². The Morgan fingerprint density at radius 3 is 2.89 bits per heavy atom. The number of hydrogen-bond acceptors (Lipinski definition) is 0. The van der Waals surface area contributed by atoms with Crippen molar-refractivity contribution in [3.8, 4) is 0 Å². The molecule has 1 aliphatic carbocycles. The fraction of sp³-hybridized carbons (Fsp3) is 0.778. The van der Waals surface area contributed by atoms with Crippen molar-refractivity contribution in [1.82, 2.24) is 0 Å². The van der Waals surface area contributed by atoms with Crippen molar-refractivity contribution in [2.24, 2.45) is 11.8 Å². The molecule has 52 valence electrons. The summed E-state index contributed by atoms with van der Waals surface area (Å²) in [6.45, 7) is 4.65. The molecule has 1 aliphatic rings. The summed E-state index contributed by atoms with van der Waals surface area (Å²) in [7, 11) is 0. The standard InChI is InChI=1S/C9H16/c1-8-5-3-4-6-9(2)7-8/h3,5,8-9H,4,6-7H2,1-2H3. The van der Waals surface area contributed by atoms with Crippen LogP contribution in [0.1, 0.15) is 33.1 Å². The van der Waals surface area contributed by atoms with Gasteiger partial charge in [-0.05, 0) is 31.1 Å². The zero-order chi connectivity index (χ0) is 6.69. The van der Waals surface area contributed by atoms with E-state index in [1.54, 1.807) is 0 Å². The molecule has 0 saturated carbocycles. The molecule has 1 rings (SSSR count). The monoisotopic (exact) mass is 124 g/mol. The largest absolute Gasteiger partial charge is 0.0883 e. The van der Waals surface area contributed by atoms with Crippen molar-refractivity contribution in [2.75, 3.05) is 0 Å². The molecule has 0 amide bonds. The van der Waals surface area contributed by atoms with Gasteiger partial charge in [-0.25, -0.2) is 0 Å². The minimum Gasteiger partial charge on any atom is -0.0883 e. The molecule has 0 fully saturated rings. The smallest absolute Gasteiger partial charge is 0.0259 e. The summed E-state index contributed by atoms with van der Waals surface area (Å²) in [5.74, 6) is 1.76. The number of rotatable bonds is 0. The van der Waals surface area contributed by atoms with Gasteiger partial charge in [-0.15, -0.1) is 0 Å². The highest BCUT2D eigenvalue weighted by molar-refractivity contribution is 4.90. The lowest BCUT2D eigenvalue weighted by atomic mass is 9.97. The summed E-state index contributed by atoms with van der Waals surface area (Å²) >= 11 is 0. The minimum absolute atomic E-state index is 0.822. The third-order valence-electron chi connectivity index (χ3n) is 2.06. The summed E-state index contributed by atoms with van der Waals surface area (Å²) in [5, 5.41) is 0. The first kappa shape index (κ1) is 6.85. The van der Waals surface area contributed by atoms with Gasteiger partial charge in [-0.1, -0.05) is 26.0 Å². The van der Waals surface area contributed by atoms with Crippen LogP contribution < -0.4 is 0 Å². The van der Waals surface area contributed by atoms with Crippen molar-refractivity contribution < 1.29 is 0 Å². The highest BCUT2D eigenvalue weighted by Gasteiger charge is 2.07. The van der Waals surface area contributed by atoms with Gasteiger partial charge in [0.15, 0.2) is 0 Å². The van der Waals surface area contributed by atoms with Crippen LogP contribution >= 0.6 is 0 Å². The molecule has 0 nitrogen and oxygen atoms in total. The fourth-order valence-electron chi connectivity index (χ4n) is 1.54. The van der Waals surface area contributed by atoms with Crippen LogP contribution in [-0.4, -0.2) is 0 Å². The molecule has 2 atom stereocenters. The molecule has 0 heteroatoms. The number of allylic oxidation sites excluding steroid dienone is 2. The molecule has 0 heterocycles. The Labute approximate surface area is 58.0 Å². The zero-order valence-electron chi connectivity index (χ0n) is 6.43. The minimum atomic E-state index is 0.822. The Bertz CT molecular complexity index is 103. The zero-order valence-corrected chi connectivity index (χ0v) is 6.43.